The molecule has 1 aliphatic carbocycles. The van der Waals surface area contributed by atoms with Crippen molar-refractivity contribution >= 4 is 27.5 Å². The highest BCUT2D eigenvalue weighted by Gasteiger charge is 2.24. The van der Waals surface area contributed by atoms with Gasteiger partial charge in [0.2, 0.25) is 5.91 Å². The van der Waals surface area contributed by atoms with E-state index in [4.69, 9.17) is 0 Å². The third kappa shape index (κ3) is 5.04. The fraction of sp³-hybridized carbons (Fsp3) is 0.556. The molecular formula is C18H26N3O3S+. The highest BCUT2D eigenvalue weighted by molar-refractivity contribution is 7.90. The Morgan fingerprint density at radius 3 is 2.72 bits per heavy atom. The molecule has 1 saturated carbocycles. The molecule has 1 aromatic rings. The van der Waals surface area contributed by atoms with Crippen molar-refractivity contribution in [3.63, 3.8) is 0 Å². The number of hydrogen-bond acceptors (Lipinski definition) is 3. The molecule has 1 fully saturated rings. The molecular weight excluding hydrogens is 338 g/mol. The van der Waals surface area contributed by atoms with E-state index in [0.717, 1.165) is 19.4 Å². The predicted octanol–water partition coefficient (Wildman–Crippen LogP) is 1.15. The fourth-order valence-electron chi connectivity index (χ4n) is 3.50. The van der Waals surface area contributed by atoms with Gasteiger partial charge in [-0.2, -0.15) is 13.1 Å². The molecule has 0 aromatic heterocycles. The van der Waals surface area contributed by atoms with Gasteiger partial charge in [-0.3, -0.25) is 9.79 Å². The van der Waals surface area contributed by atoms with Gasteiger partial charge in [0.1, 0.15) is 4.90 Å². The average molecular weight is 364 g/mol. The van der Waals surface area contributed by atoms with Crippen LogP contribution in [0.4, 0.5) is 5.69 Å². The van der Waals surface area contributed by atoms with E-state index in [1.54, 1.807) is 12.1 Å². The molecule has 3 N–H and O–H groups in total. The minimum atomic E-state index is -3.63. The summed E-state index contributed by atoms with van der Waals surface area (Å²) in [6.07, 6.45) is 8.02. The third-order valence-corrected chi connectivity index (χ3v) is 6.27. The first-order valence-corrected chi connectivity index (χ1v) is 10.5. The molecule has 0 spiro atoms. The quantitative estimate of drug-likeness (QED) is 0.707. The Labute approximate surface area is 149 Å². The van der Waals surface area contributed by atoms with Crippen LogP contribution in [0, 0.1) is 5.92 Å². The van der Waals surface area contributed by atoms with Crippen molar-refractivity contribution in [1.82, 2.24) is 4.72 Å². The maximum atomic E-state index is 12.4. The summed E-state index contributed by atoms with van der Waals surface area (Å²) in [6, 6.07) is 6.40. The van der Waals surface area contributed by atoms with Crippen LogP contribution >= 0.6 is 0 Å². The van der Waals surface area contributed by atoms with Crippen molar-refractivity contribution in [2.24, 2.45) is 5.92 Å². The van der Waals surface area contributed by atoms with Gasteiger partial charge in [-0.15, -0.1) is 0 Å². The second-order valence-corrected chi connectivity index (χ2v) is 8.56. The minimum absolute atomic E-state index is 0.0544. The summed E-state index contributed by atoms with van der Waals surface area (Å²) >= 11 is 0. The lowest BCUT2D eigenvalue weighted by Gasteiger charge is -2.10. The zero-order valence-electron chi connectivity index (χ0n) is 14.4. The average Bonchev–Trinajstić information content (AvgIpc) is 3.26. The summed E-state index contributed by atoms with van der Waals surface area (Å²) in [6.45, 7) is 0.787. The molecule has 136 valence electrons. The van der Waals surface area contributed by atoms with Crippen LogP contribution in [0.5, 0.6) is 0 Å². The Kier molecular flexibility index (Phi) is 5.73. The van der Waals surface area contributed by atoms with E-state index in [9.17, 15) is 13.2 Å². The van der Waals surface area contributed by atoms with Crippen molar-refractivity contribution < 1.29 is 18.2 Å². The van der Waals surface area contributed by atoms with Crippen LogP contribution in [0.25, 0.3) is 0 Å². The number of anilines is 1. The Morgan fingerprint density at radius 1 is 1.20 bits per heavy atom. The van der Waals surface area contributed by atoms with Crippen LogP contribution in [-0.2, 0) is 14.8 Å². The first-order valence-electron chi connectivity index (χ1n) is 9.05. The molecule has 0 bridgehead atoms. The van der Waals surface area contributed by atoms with Gasteiger partial charge in [0.15, 0.2) is 0 Å². The standard InChI is InChI=1S/C18H25N3O3S/c22-18(11-10-14-5-1-2-6-14)20-15-7-3-8-16(13-15)25(23,24)21-17-9-4-12-19-17/h3,7-8,13-14H,1-2,4-6,9-12H2,(H,19,21)(H,20,22)/p+1. The van der Waals surface area contributed by atoms with Crippen LogP contribution < -0.4 is 15.0 Å². The zero-order valence-corrected chi connectivity index (χ0v) is 15.2. The molecule has 2 aliphatic rings. The van der Waals surface area contributed by atoms with Gasteiger partial charge in [-0.1, -0.05) is 31.7 Å². The molecule has 1 amide bonds. The summed E-state index contributed by atoms with van der Waals surface area (Å²) in [5, 5.41) is 2.82. The van der Waals surface area contributed by atoms with Gasteiger partial charge in [0, 0.05) is 12.1 Å². The van der Waals surface area contributed by atoms with Crippen LogP contribution in [0.3, 0.4) is 0 Å². The second kappa shape index (κ2) is 7.99. The maximum absolute atomic E-state index is 12.4. The zero-order chi connectivity index (χ0) is 17.7. The molecule has 1 aliphatic heterocycles. The number of amides is 1. The third-order valence-electron chi connectivity index (χ3n) is 4.88. The van der Waals surface area contributed by atoms with E-state index in [0.29, 0.717) is 30.3 Å². The summed E-state index contributed by atoms with van der Waals surface area (Å²) in [5.74, 6) is 1.24. The van der Waals surface area contributed by atoms with E-state index in [2.05, 4.69) is 15.0 Å². The molecule has 0 atom stereocenters. The Morgan fingerprint density at radius 2 is 2.00 bits per heavy atom. The van der Waals surface area contributed by atoms with Gasteiger partial charge in [0.25, 0.3) is 5.84 Å². The van der Waals surface area contributed by atoms with E-state index >= 15 is 0 Å². The molecule has 0 unspecified atom stereocenters. The normalized spacial score (nSPS) is 18.2. The highest BCUT2D eigenvalue weighted by atomic mass is 32.2. The summed E-state index contributed by atoms with van der Waals surface area (Å²) < 4.78 is 27.5. The van der Waals surface area contributed by atoms with E-state index in [1.807, 2.05) is 0 Å². The van der Waals surface area contributed by atoms with E-state index in [-0.39, 0.29) is 10.8 Å². The minimum Gasteiger partial charge on any atom is -0.326 e. The number of rotatable bonds is 6. The molecule has 1 aromatic carbocycles. The molecule has 0 radical (unpaired) electrons. The molecule has 25 heavy (non-hydrogen) atoms. The van der Waals surface area contributed by atoms with Crippen LogP contribution in [-0.4, -0.2) is 26.7 Å². The molecule has 6 nitrogen and oxygen atoms in total. The van der Waals surface area contributed by atoms with Gasteiger partial charge in [-0.25, -0.2) is 0 Å². The van der Waals surface area contributed by atoms with Crippen molar-refractivity contribution in [3.8, 4) is 0 Å². The number of benzene rings is 1. The monoisotopic (exact) mass is 364 g/mol. The number of carbonyl (C=O) groups is 1. The number of sulfonamides is 1. The van der Waals surface area contributed by atoms with Gasteiger partial charge < -0.3 is 5.32 Å². The first-order chi connectivity index (χ1) is 12.0. The van der Waals surface area contributed by atoms with Crippen molar-refractivity contribution in [2.45, 2.75) is 56.3 Å². The first kappa shape index (κ1) is 17.9. The lowest BCUT2D eigenvalue weighted by molar-refractivity contribution is -0.448. The van der Waals surface area contributed by atoms with Crippen molar-refractivity contribution in [2.75, 3.05) is 11.9 Å². The van der Waals surface area contributed by atoms with Crippen LogP contribution in [0.1, 0.15) is 51.4 Å². The van der Waals surface area contributed by atoms with E-state index in [1.165, 1.54) is 37.8 Å². The highest BCUT2D eigenvalue weighted by Crippen LogP contribution is 2.28. The van der Waals surface area contributed by atoms with Crippen molar-refractivity contribution in [1.29, 1.82) is 0 Å². The van der Waals surface area contributed by atoms with Gasteiger partial charge >= 0.3 is 10.0 Å². The second-order valence-electron chi connectivity index (χ2n) is 6.88. The number of hydrogen-bond donors (Lipinski definition) is 3. The number of amidine groups is 1. The summed E-state index contributed by atoms with van der Waals surface area (Å²) in [4.78, 5) is 15.3. The van der Waals surface area contributed by atoms with Gasteiger partial charge in [0.05, 0.1) is 13.0 Å². The number of carbonyl (C=O) groups excluding carboxylic acids is 1. The maximum Gasteiger partial charge on any atom is 0.328 e. The van der Waals surface area contributed by atoms with Crippen LogP contribution in [0.15, 0.2) is 29.2 Å². The Balaban J connectivity index is 1.59. The van der Waals surface area contributed by atoms with E-state index < -0.39 is 10.0 Å². The SMILES string of the molecule is O=C(CCC1CCCC1)Nc1cccc(S(=O)(=O)NC2=[NH+]CCC2)c1. The van der Waals surface area contributed by atoms with Gasteiger partial charge in [-0.05, 0) is 37.0 Å². The molecule has 0 saturated heterocycles. The smallest absolute Gasteiger partial charge is 0.326 e. The topological polar surface area (TPSA) is 89.2 Å². The Hall–Kier alpha value is -1.89. The molecule has 1 heterocycles. The fourth-order valence-corrected chi connectivity index (χ4v) is 4.66. The molecule has 7 heteroatoms. The van der Waals surface area contributed by atoms with Crippen molar-refractivity contribution in [3.05, 3.63) is 24.3 Å². The lowest BCUT2D eigenvalue weighted by Crippen LogP contribution is -2.72. The van der Waals surface area contributed by atoms with Crippen LogP contribution in [0.2, 0.25) is 0 Å². The predicted molar refractivity (Wildman–Crippen MR) is 96.7 cm³/mol. The Bertz CT molecular complexity index is 753. The lowest BCUT2D eigenvalue weighted by atomic mass is 10.0. The molecule has 3 rings (SSSR count). The summed E-state index contributed by atoms with van der Waals surface area (Å²) in [5.41, 5.74) is 0.517. The number of nitrogens with one attached hydrogen (secondary N) is 3. The summed E-state index contributed by atoms with van der Waals surface area (Å²) in [7, 11) is -3.63. The largest absolute Gasteiger partial charge is 0.328 e.